The van der Waals surface area contributed by atoms with Crippen LogP contribution < -0.4 is 10.6 Å². The smallest absolute Gasteiger partial charge is 0.319 e. The summed E-state index contributed by atoms with van der Waals surface area (Å²) >= 11 is 5.92. The summed E-state index contributed by atoms with van der Waals surface area (Å²) in [5, 5.41) is 6.39. The molecule has 2 amide bonds. The maximum Gasteiger partial charge on any atom is 0.319 e. The fourth-order valence-electron chi connectivity index (χ4n) is 2.82. The lowest BCUT2D eigenvalue weighted by molar-refractivity contribution is 0.0558. The van der Waals surface area contributed by atoms with E-state index >= 15 is 0 Å². The van der Waals surface area contributed by atoms with Gasteiger partial charge in [-0.3, -0.25) is 4.90 Å². The molecule has 6 heteroatoms. The summed E-state index contributed by atoms with van der Waals surface area (Å²) < 4.78 is 0. The van der Waals surface area contributed by atoms with E-state index in [1.165, 1.54) is 0 Å². The number of nitrogens with one attached hydrogen (secondary N) is 2. The fourth-order valence-corrected chi connectivity index (χ4v) is 3.01. The van der Waals surface area contributed by atoms with E-state index in [0.29, 0.717) is 17.3 Å². The SMILES string of the molecule is CCN1CCN(C(C)(C)CNC(=O)Nc2cccc(Cl)c2)CC1. The third-order valence-electron chi connectivity index (χ3n) is 4.44. The molecule has 0 saturated carbocycles. The lowest BCUT2D eigenvalue weighted by Crippen LogP contribution is -2.58. The highest BCUT2D eigenvalue weighted by molar-refractivity contribution is 6.30. The minimum atomic E-state index is -0.201. The summed E-state index contributed by atoms with van der Waals surface area (Å²) in [4.78, 5) is 17.0. The van der Waals surface area contributed by atoms with E-state index in [0.717, 1.165) is 32.7 Å². The van der Waals surface area contributed by atoms with Crippen LogP contribution in [-0.4, -0.2) is 60.6 Å². The summed E-state index contributed by atoms with van der Waals surface area (Å²) in [6, 6.07) is 6.95. The third-order valence-corrected chi connectivity index (χ3v) is 4.67. The van der Waals surface area contributed by atoms with Gasteiger partial charge in [-0.2, -0.15) is 0 Å². The van der Waals surface area contributed by atoms with Crippen molar-refractivity contribution >= 4 is 23.3 Å². The zero-order valence-corrected chi connectivity index (χ0v) is 15.0. The summed E-state index contributed by atoms with van der Waals surface area (Å²) in [6.07, 6.45) is 0. The molecule has 0 bridgehead atoms. The van der Waals surface area contributed by atoms with Gasteiger partial charge < -0.3 is 15.5 Å². The number of likely N-dealkylation sites (N-methyl/N-ethyl adjacent to an activating group) is 1. The molecule has 1 heterocycles. The van der Waals surface area contributed by atoms with Crippen molar-refractivity contribution in [2.75, 3.05) is 44.6 Å². The van der Waals surface area contributed by atoms with Crippen LogP contribution in [0.2, 0.25) is 5.02 Å². The molecule has 0 radical (unpaired) electrons. The van der Waals surface area contributed by atoms with E-state index in [-0.39, 0.29) is 11.6 Å². The Kier molecular flexibility index (Phi) is 6.27. The van der Waals surface area contributed by atoms with Gasteiger partial charge in [0.2, 0.25) is 0 Å². The zero-order chi connectivity index (χ0) is 16.9. The highest BCUT2D eigenvalue weighted by Gasteiger charge is 2.29. The van der Waals surface area contributed by atoms with Crippen LogP contribution in [-0.2, 0) is 0 Å². The largest absolute Gasteiger partial charge is 0.336 e. The van der Waals surface area contributed by atoms with E-state index in [2.05, 4.69) is 41.2 Å². The predicted molar refractivity (Wildman–Crippen MR) is 96.2 cm³/mol. The van der Waals surface area contributed by atoms with Crippen LogP contribution in [0.4, 0.5) is 10.5 Å². The van der Waals surface area contributed by atoms with Crippen molar-refractivity contribution in [2.45, 2.75) is 26.3 Å². The van der Waals surface area contributed by atoms with Gasteiger partial charge in [0.25, 0.3) is 0 Å². The number of anilines is 1. The molecular formula is C17H27ClN4O. The Morgan fingerprint density at radius 1 is 1.26 bits per heavy atom. The first-order valence-electron chi connectivity index (χ1n) is 8.18. The van der Waals surface area contributed by atoms with Gasteiger partial charge in [0.05, 0.1) is 0 Å². The predicted octanol–water partition coefficient (Wildman–Crippen LogP) is 2.88. The molecule has 128 valence electrons. The minimum absolute atomic E-state index is 0.0640. The molecule has 0 aromatic heterocycles. The van der Waals surface area contributed by atoms with Crippen molar-refractivity contribution in [1.82, 2.24) is 15.1 Å². The number of rotatable bonds is 5. The van der Waals surface area contributed by atoms with Gasteiger partial charge in [-0.05, 0) is 38.6 Å². The number of carbonyl (C=O) groups is 1. The van der Waals surface area contributed by atoms with Crippen LogP contribution in [0.1, 0.15) is 20.8 Å². The fraction of sp³-hybridized carbons (Fsp3) is 0.588. The number of hydrogen-bond acceptors (Lipinski definition) is 3. The molecule has 23 heavy (non-hydrogen) atoms. The molecule has 1 saturated heterocycles. The minimum Gasteiger partial charge on any atom is -0.336 e. The van der Waals surface area contributed by atoms with E-state index in [9.17, 15) is 4.79 Å². The Labute approximate surface area is 144 Å². The Hall–Kier alpha value is -1.30. The Morgan fingerprint density at radius 2 is 1.96 bits per heavy atom. The molecular weight excluding hydrogens is 312 g/mol. The van der Waals surface area contributed by atoms with Gasteiger partial charge in [0.1, 0.15) is 0 Å². The molecule has 1 aliphatic heterocycles. The molecule has 0 spiro atoms. The normalized spacial score (nSPS) is 17.0. The van der Waals surface area contributed by atoms with Crippen molar-refractivity contribution in [1.29, 1.82) is 0 Å². The first kappa shape index (κ1) is 18.0. The zero-order valence-electron chi connectivity index (χ0n) is 14.2. The number of halogens is 1. The van der Waals surface area contributed by atoms with Crippen LogP contribution in [0.15, 0.2) is 24.3 Å². The van der Waals surface area contributed by atoms with E-state index in [4.69, 9.17) is 11.6 Å². The molecule has 0 aliphatic carbocycles. The van der Waals surface area contributed by atoms with Crippen molar-refractivity contribution in [3.05, 3.63) is 29.3 Å². The second-order valence-electron chi connectivity index (χ2n) is 6.55. The molecule has 0 atom stereocenters. The molecule has 2 rings (SSSR count). The van der Waals surface area contributed by atoms with Crippen LogP contribution in [0.25, 0.3) is 0 Å². The molecule has 5 nitrogen and oxygen atoms in total. The topological polar surface area (TPSA) is 47.6 Å². The maximum atomic E-state index is 12.1. The highest BCUT2D eigenvalue weighted by atomic mass is 35.5. The average Bonchev–Trinajstić information content (AvgIpc) is 2.53. The monoisotopic (exact) mass is 338 g/mol. The van der Waals surface area contributed by atoms with Crippen LogP contribution in [0.3, 0.4) is 0 Å². The number of amides is 2. The molecule has 1 aromatic carbocycles. The molecule has 0 unspecified atom stereocenters. The van der Waals surface area contributed by atoms with E-state index in [1.54, 1.807) is 12.1 Å². The van der Waals surface area contributed by atoms with Gasteiger partial charge in [-0.15, -0.1) is 0 Å². The number of nitrogens with zero attached hydrogens (tertiary/aromatic N) is 2. The van der Waals surface area contributed by atoms with Gasteiger partial charge in [-0.1, -0.05) is 24.6 Å². The highest BCUT2D eigenvalue weighted by Crippen LogP contribution is 2.17. The molecule has 1 aliphatic rings. The third kappa shape index (κ3) is 5.37. The number of benzene rings is 1. The first-order valence-corrected chi connectivity index (χ1v) is 8.56. The van der Waals surface area contributed by atoms with Gasteiger partial charge in [0.15, 0.2) is 0 Å². The number of piperazine rings is 1. The Bertz CT molecular complexity index is 527. The van der Waals surface area contributed by atoms with Crippen molar-refractivity contribution < 1.29 is 4.79 Å². The second kappa shape index (κ2) is 7.99. The Morgan fingerprint density at radius 3 is 2.57 bits per heavy atom. The molecule has 1 fully saturated rings. The number of urea groups is 1. The lowest BCUT2D eigenvalue weighted by Gasteiger charge is -2.44. The summed E-state index contributed by atoms with van der Waals surface area (Å²) in [5.74, 6) is 0. The van der Waals surface area contributed by atoms with E-state index < -0.39 is 0 Å². The summed E-state index contributed by atoms with van der Waals surface area (Å²) in [5.41, 5.74) is 0.635. The van der Waals surface area contributed by atoms with Gasteiger partial charge in [0, 0.05) is 49.0 Å². The van der Waals surface area contributed by atoms with Crippen molar-refractivity contribution in [3.8, 4) is 0 Å². The average molecular weight is 339 g/mol. The summed E-state index contributed by atoms with van der Waals surface area (Å²) in [7, 11) is 0. The lowest BCUT2D eigenvalue weighted by atomic mass is 10.0. The summed E-state index contributed by atoms with van der Waals surface area (Å²) in [6.45, 7) is 12.5. The second-order valence-corrected chi connectivity index (χ2v) is 6.99. The molecule has 2 N–H and O–H groups in total. The van der Waals surface area contributed by atoms with Crippen LogP contribution in [0, 0.1) is 0 Å². The standard InChI is InChI=1S/C17H27ClN4O/c1-4-21-8-10-22(11-9-21)17(2,3)13-19-16(23)20-15-7-5-6-14(18)12-15/h5-7,12H,4,8-11,13H2,1-3H3,(H2,19,20,23). The van der Waals surface area contributed by atoms with E-state index in [1.807, 2.05) is 12.1 Å². The van der Waals surface area contributed by atoms with Crippen LogP contribution >= 0.6 is 11.6 Å². The number of hydrogen-bond donors (Lipinski definition) is 2. The van der Waals surface area contributed by atoms with Crippen LogP contribution in [0.5, 0.6) is 0 Å². The van der Waals surface area contributed by atoms with Crippen molar-refractivity contribution in [2.24, 2.45) is 0 Å². The van der Waals surface area contributed by atoms with Gasteiger partial charge >= 0.3 is 6.03 Å². The maximum absolute atomic E-state index is 12.1. The quantitative estimate of drug-likeness (QED) is 0.868. The molecule has 1 aromatic rings. The van der Waals surface area contributed by atoms with Gasteiger partial charge in [-0.25, -0.2) is 4.79 Å². The first-order chi connectivity index (χ1) is 10.9. The van der Waals surface area contributed by atoms with Crippen molar-refractivity contribution in [3.63, 3.8) is 0 Å². The Balaban J connectivity index is 1.80. The number of carbonyl (C=O) groups excluding carboxylic acids is 1.